The molecule has 1 fully saturated rings. The smallest absolute Gasteiger partial charge is 0.238 e. The van der Waals surface area contributed by atoms with Crippen molar-refractivity contribution in [3.05, 3.63) is 27.3 Å². The Balaban J connectivity index is 1.96. The average molecular weight is 384 g/mol. The van der Waals surface area contributed by atoms with Gasteiger partial charge < -0.3 is 10.6 Å². The van der Waals surface area contributed by atoms with Gasteiger partial charge in [0, 0.05) is 28.9 Å². The van der Waals surface area contributed by atoms with Gasteiger partial charge in [-0.2, -0.15) is 5.26 Å². The second kappa shape index (κ2) is 7.02. The SMILES string of the molecule is Cc1cc(I)ccc1NC(=O)CN1CCNCC1C#N. The first-order valence-electron chi connectivity index (χ1n) is 6.50. The van der Waals surface area contributed by atoms with Gasteiger partial charge in [0.05, 0.1) is 12.6 Å². The number of amides is 1. The van der Waals surface area contributed by atoms with Gasteiger partial charge in [-0.3, -0.25) is 9.69 Å². The molecular formula is C14H17IN4O. The summed E-state index contributed by atoms with van der Waals surface area (Å²) in [7, 11) is 0. The number of nitrogens with one attached hydrogen (secondary N) is 2. The number of benzene rings is 1. The van der Waals surface area contributed by atoms with E-state index in [0.29, 0.717) is 6.54 Å². The van der Waals surface area contributed by atoms with Gasteiger partial charge in [0.15, 0.2) is 0 Å². The summed E-state index contributed by atoms with van der Waals surface area (Å²) < 4.78 is 1.14. The minimum atomic E-state index is -0.229. The summed E-state index contributed by atoms with van der Waals surface area (Å²) in [6.45, 7) is 4.38. The van der Waals surface area contributed by atoms with Crippen LogP contribution in [0.3, 0.4) is 0 Å². The maximum atomic E-state index is 12.1. The summed E-state index contributed by atoms with van der Waals surface area (Å²) in [5, 5.41) is 15.1. The maximum absolute atomic E-state index is 12.1. The summed E-state index contributed by atoms with van der Waals surface area (Å²) in [6, 6.07) is 7.90. The fourth-order valence-corrected chi connectivity index (χ4v) is 2.85. The van der Waals surface area contributed by atoms with Crippen LogP contribution in [0.4, 0.5) is 5.69 Å². The molecule has 20 heavy (non-hydrogen) atoms. The van der Waals surface area contributed by atoms with Crippen LogP contribution in [0.15, 0.2) is 18.2 Å². The number of hydrogen-bond donors (Lipinski definition) is 2. The molecular weight excluding hydrogens is 367 g/mol. The second-order valence-electron chi connectivity index (χ2n) is 4.83. The van der Waals surface area contributed by atoms with Crippen molar-refractivity contribution in [2.75, 3.05) is 31.5 Å². The molecule has 6 heteroatoms. The lowest BCUT2D eigenvalue weighted by atomic mass is 10.2. The molecule has 1 aromatic rings. The zero-order valence-electron chi connectivity index (χ0n) is 11.3. The molecule has 1 aromatic carbocycles. The molecule has 0 aromatic heterocycles. The number of aryl methyl sites for hydroxylation is 1. The molecule has 0 spiro atoms. The van der Waals surface area contributed by atoms with Crippen LogP contribution in [-0.4, -0.2) is 43.0 Å². The fraction of sp³-hybridized carbons (Fsp3) is 0.429. The third kappa shape index (κ3) is 3.91. The quantitative estimate of drug-likeness (QED) is 0.772. The summed E-state index contributed by atoms with van der Waals surface area (Å²) in [5.41, 5.74) is 1.88. The van der Waals surface area contributed by atoms with Crippen LogP contribution in [0.2, 0.25) is 0 Å². The summed E-state index contributed by atoms with van der Waals surface area (Å²) in [6.07, 6.45) is 0. The van der Waals surface area contributed by atoms with Crippen molar-refractivity contribution in [1.29, 1.82) is 5.26 Å². The van der Waals surface area contributed by atoms with Gasteiger partial charge in [-0.1, -0.05) is 0 Å². The Morgan fingerprint density at radius 3 is 3.15 bits per heavy atom. The van der Waals surface area contributed by atoms with Crippen LogP contribution in [-0.2, 0) is 4.79 Å². The summed E-state index contributed by atoms with van der Waals surface area (Å²) >= 11 is 2.24. The Bertz CT molecular complexity index is 540. The molecule has 2 rings (SSSR count). The van der Waals surface area contributed by atoms with E-state index in [0.717, 1.165) is 27.9 Å². The Morgan fingerprint density at radius 2 is 2.45 bits per heavy atom. The number of piperazine rings is 1. The minimum absolute atomic E-state index is 0.0727. The maximum Gasteiger partial charge on any atom is 0.238 e. The molecule has 0 saturated carbocycles. The molecule has 5 nitrogen and oxygen atoms in total. The predicted molar refractivity (Wildman–Crippen MR) is 86.4 cm³/mol. The highest BCUT2D eigenvalue weighted by Crippen LogP contribution is 2.17. The van der Waals surface area contributed by atoms with Crippen LogP contribution in [0, 0.1) is 21.8 Å². The van der Waals surface area contributed by atoms with E-state index < -0.39 is 0 Å². The molecule has 0 radical (unpaired) electrons. The van der Waals surface area contributed by atoms with Crippen molar-refractivity contribution in [2.45, 2.75) is 13.0 Å². The first-order valence-corrected chi connectivity index (χ1v) is 7.58. The Hall–Kier alpha value is -1.17. The molecule has 1 aliphatic heterocycles. The standard InChI is InChI=1S/C14H17IN4O/c1-10-6-11(15)2-3-13(10)18-14(20)9-19-5-4-17-8-12(19)7-16/h2-3,6,12,17H,4-5,8-9H2,1H3,(H,18,20). The molecule has 1 unspecified atom stereocenters. The predicted octanol–water partition coefficient (Wildman–Crippen LogP) is 1.34. The minimum Gasteiger partial charge on any atom is -0.325 e. The largest absolute Gasteiger partial charge is 0.325 e. The zero-order chi connectivity index (χ0) is 14.5. The monoisotopic (exact) mass is 384 g/mol. The van der Waals surface area contributed by atoms with E-state index in [9.17, 15) is 4.79 Å². The first-order chi connectivity index (χ1) is 9.60. The van der Waals surface area contributed by atoms with E-state index in [2.05, 4.69) is 39.3 Å². The van der Waals surface area contributed by atoms with Gasteiger partial charge in [0.25, 0.3) is 0 Å². The van der Waals surface area contributed by atoms with Gasteiger partial charge >= 0.3 is 0 Å². The van der Waals surface area contributed by atoms with Crippen LogP contribution in [0.25, 0.3) is 0 Å². The van der Waals surface area contributed by atoms with Crippen LogP contribution >= 0.6 is 22.6 Å². The molecule has 106 valence electrons. The van der Waals surface area contributed by atoms with Crippen LogP contribution in [0.1, 0.15) is 5.56 Å². The Morgan fingerprint density at radius 1 is 1.65 bits per heavy atom. The molecule has 1 aliphatic rings. The normalized spacial score (nSPS) is 19.4. The van der Waals surface area contributed by atoms with Gasteiger partial charge in [0.2, 0.25) is 5.91 Å². The number of halogens is 1. The number of anilines is 1. The topological polar surface area (TPSA) is 68.2 Å². The lowest BCUT2D eigenvalue weighted by Crippen LogP contribution is -2.52. The van der Waals surface area contributed by atoms with E-state index in [-0.39, 0.29) is 18.5 Å². The number of carbonyl (C=O) groups excluding carboxylic acids is 1. The van der Waals surface area contributed by atoms with Gasteiger partial charge in [-0.15, -0.1) is 0 Å². The van der Waals surface area contributed by atoms with E-state index in [1.165, 1.54) is 0 Å². The number of nitriles is 1. The molecule has 0 aliphatic carbocycles. The number of hydrogen-bond acceptors (Lipinski definition) is 4. The van der Waals surface area contributed by atoms with E-state index in [1.54, 1.807) is 0 Å². The summed E-state index contributed by atoms with van der Waals surface area (Å²) in [4.78, 5) is 14.0. The van der Waals surface area contributed by atoms with E-state index in [4.69, 9.17) is 5.26 Å². The molecule has 1 heterocycles. The van der Waals surface area contributed by atoms with Crippen molar-refractivity contribution >= 4 is 34.2 Å². The first kappa shape index (κ1) is 15.2. The zero-order valence-corrected chi connectivity index (χ0v) is 13.5. The van der Waals surface area contributed by atoms with Gasteiger partial charge in [-0.25, -0.2) is 0 Å². The highest BCUT2D eigenvalue weighted by molar-refractivity contribution is 14.1. The highest BCUT2D eigenvalue weighted by atomic mass is 127. The van der Waals surface area contributed by atoms with Crippen molar-refractivity contribution in [3.63, 3.8) is 0 Å². The fourth-order valence-electron chi connectivity index (χ4n) is 2.20. The van der Waals surface area contributed by atoms with Gasteiger partial charge in [0.1, 0.15) is 6.04 Å². The Kier molecular flexibility index (Phi) is 5.34. The number of nitrogens with zero attached hydrogens (tertiary/aromatic N) is 2. The number of carbonyl (C=O) groups is 1. The third-order valence-corrected chi connectivity index (χ3v) is 3.98. The molecule has 1 amide bonds. The van der Waals surface area contributed by atoms with Crippen LogP contribution < -0.4 is 10.6 Å². The summed E-state index contributed by atoms with van der Waals surface area (Å²) in [5.74, 6) is -0.0727. The molecule has 2 N–H and O–H groups in total. The van der Waals surface area contributed by atoms with Crippen molar-refractivity contribution < 1.29 is 4.79 Å². The van der Waals surface area contributed by atoms with Crippen molar-refractivity contribution in [1.82, 2.24) is 10.2 Å². The lowest BCUT2D eigenvalue weighted by Gasteiger charge is -2.31. The van der Waals surface area contributed by atoms with Gasteiger partial charge in [-0.05, 0) is 53.3 Å². The van der Waals surface area contributed by atoms with Crippen LogP contribution in [0.5, 0.6) is 0 Å². The van der Waals surface area contributed by atoms with Crippen molar-refractivity contribution in [2.24, 2.45) is 0 Å². The van der Waals surface area contributed by atoms with Crippen molar-refractivity contribution in [3.8, 4) is 6.07 Å². The average Bonchev–Trinajstić information content (AvgIpc) is 2.42. The Labute approximate surface area is 132 Å². The molecule has 0 bridgehead atoms. The molecule has 1 atom stereocenters. The number of rotatable bonds is 3. The third-order valence-electron chi connectivity index (χ3n) is 3.31. The highest BCUT2D eigenvalue weighted by Gasteiger charge is 2.23. The second-order valence-corrected chi connectivity index (χ2v) is 6.07. The lowest BCUT2D eigenvalue weighted by molar-refractivity contribution is -0.117. The van der Waals surface area contributed by atoms with E-state index >= 15 is 0 Å². The van der Waals surface area contributed by atoms with E-state index in [1.807, 2.05) is 30.0 Å². The molecule has 1 saturated heterocycles.